The van der Waals surface area contributed by atoms with E-state index in [1.165, 1.54) is 0 Å². The van der Waals surface area contributed by atoms with E-state index in [0.29, 0.717) is 0 Å². The van der Waals surface area contributed by atoms with Crippen molar-refractivity contribution in [2.45, 2.75) is 0 Å². The summed E-state index contributed by atoms with van der Waals surface area (Å²) < 4.78 is 62.6. The number of phosphoric acid groups is 3. The standard InChI is InChI=1S/3FH2O4P.Na.V/c3*1-5-6(2,3)4;;/h3*(H2,2,3,4);;/q;;;+1;+5/p-6. The minimum absolute atomic E-state index is 0. The molecule has 20 heteroatoms. The number of rotatable bonds is 3. The molecule has 0 amide bonds. The summed E-state index contributed by atoms with van der Waals surface area (Å²) in [4.78, 5) is 53.2. The Hall–Kier alpha value is 1.70. The van der Waals surface area contributed by atoms with Gasteiger partial charge in [-0.05, 0) is 13.6 Å². The smallest absolute Gasteiger partial charge is 0.787 e. The molecule has 0 aromatic carbocycles. The summed E-state index contributed by atoms with van der Waals surface area (Å²) in [6, 6.07) is 0. The van der Waals surface area contributed by atoms with Gasteiger partial charge in [0.15, 0.2) is 0 Å². The van der Waals surface area contributed by atoms with E-state index in [9.17, 15) is 13.6 Å². The van der Waals surface area contributed by atoms with Crippen LogP contribution in [0.15, 0.2) is 0 Å². The Kier molecular flexibility index (Phi) is 26.0. The Morgan fingerprint density at radius 3 is 0.650 bits per heavy atom. The monoisotopic (exact) mass is 416 g/mol. The first kappa shape index (κ1) is 33.3. The van der Waals surface area contributed by atoms with Crippen LogP contribution in [0.25, 0.3) is 0 Å². The van der Waals surface area contributed by atoms with E-state index in [4.69, 9.17) is 43.1 Å². The van der Waals surface area contributed by atoms with Crippen molar-refractivity contribution >= 4 is 23.5 Å². The molecular formula is F3NaO12P3V. The van der Waals surface area contributed by atoms with Crippen LogP contribution < -0.4 is 58.9 Å². The molecule has 0 spiro atoms. The first-order valence-electron chi connectivity index (χ1n) is 2.65. The molecule has 0 heterocycles. The van der Waals surface area contributed by atoms with Gasteiger partial charge in [0, 0.05) is 0 Å². The molecule has 0 fully saturated rings. The normalized spacial score (nSPS) is 10.7. The Balaban J connectivity index is -0.0000000536. The molecule has 0 radical (unpaired) electrons. The molecule has 0 aromatic rings. The SMILES string of the molecule is O=P([O-])([O-])OF.O=P([O-])([O-])OF.O=P([O-])([O-])OF.[Na+].[V+5]. The quantitative estimate of drug-likeness (QED) is 0.310. The van der Waals surface area contributed by atoms with Gasteiger partial charge >= 0.3 is 48.1 Å². The maximum atomic E-state index is 10.1. The molecule has 0 rings (SSSR count). The van der Waals surface area contributed by atoms with Crippen LogP contribution >= 0.6 is 23.5 Å². The third-order valence-electron chi connectivity index (χ3n) is 0.254. The summed E-state index contributed by atoms with van der Waals surface area (Å²) in [6.07, 6.45) is 0. The zero-order valence-corrected chi connectivity index (χ0v) is 14.9. The largest absolute Gasteiger partial charge is 5.00 e. The molecule has 12 nitrogen and oxygen atoms in total. The van der Waals surface area contributed by atoms with E-state index < -0.39 is 23.5 Å². The molecule has 0 aliphatic rings. The molecule has 0 bridgehead atoms. The van der Waals surface area contributed by atoms with E-state index in [1.807, 2.05) is 14.2 Å². The van der Waals surface area contributed by atoms with Crippen molar-refractivity contribution in [3.8, 4) is 0 Å². The van der Waals surface area contributed by atoms with Gasteiger partial charge in [-0.1, -0.05) is 0 Å². The van der Waals surface area contributed by atoms with Gasteiger partial charge < -0.3 is 43.1 Å². The minimum Gasteiger partial charge on any atom is -0.787 e. The van der Waals surface area contributed by atoms with Crippen LogP contribution in [-0.2, 0) is 46.4 Å². The topological polar surface area (TPSA) is 217 Å². The Labute approximate surface area is 142 Å². The summed E-state index contributed by atoms with van der Waals surface area (Å²) in [5, 5.41) is 0. The van der Waals surface area contributed by atoms with Gasteiger partial charge in [0.2, 0.25) is 0 Å². The van der Waals surface area contributed by atoms with Crippen LogP contribution in [-0.4, -0.2) is 0 Å². The Bertz CT molecular complexity index is 279. The number of halogens is 3. The predicted octanol–water partition coefficient (Wildman–Crippen LogP) is -6.85. The molecule has 0 atom stereocenters. The maximum absolute atomic E-state index is 10.1. The second-order valence-corrected chi connectivity index (χ2v) is 4.65. The molecular weight excluding hydrogens is 416 g/mol. The molecule has 0 saturated carbocycles. The molecule has 0 aliphatic heterocycles. The van der Waals surface area contributed by atoms with E-state index in [2.05, 4.69) is 0 Å². The van der Waals surface area contributed by atoms with E-state index in [0.717, 1.165) is 0 Å². The van der Waals surface area contributed by atoms with Crippen LogP contribution in [0.3, 0.4) is 0 Å². The second-order valence-electron chi connectivity index (χ2n) is 1.55. The van der Waals surface area contributed by atoms with Crippen molar-refractivity contribution in [3.63, 3.8) is 0 Å². The van der Waals surface area contributed by atoms with Crippen molar-refractivity contribution < 1.29 is 119 Å². The second kappa shape index (κ2) is 15.6. The maximum Gasteiger partial charge on any atom is 5.00 e. The van der Waals surface area contributed by atoms with Crippen molar-refractivity contribution in [3.05, 3.63) is 0 Å². The number of hydrogen-bond donors (Lipinski definition) is 0. The zero-order valence-electron chi connectivity index (χ0n) is 8.82. The molecule has 0 aliphatic carbocycles. The summed E-state index contributed by atoms with van der Waals surface area (Å²) in [5.41, 5.74) is 0. The first-order valence-corrected chi connectivity index (χ1v) is 7.04. The Morgan fingerprint density at radius 1 is 0.600 bits per heavy atom. The van der Waals surface area contributed by atoms with Crippen molar-refractivity contribution in [1.29, 1.82) is 0 Å². The van der Waals surface area contributed by atoms with Crippen LogP contribution in [0.1, 0.15) is 0 Å². The fourth-order valence-electron chi connectivity index (χ4n) is 0. The zero-order chi connectivity index (χ0) is 15.6. The van der Waals surface area contributed by atoms with Gasteiger partial charge in [0.1, 0.15) is 23.5 Å². The molecule has 20 heavy (non-hydrogen) atoms. The average molecular weight is 416 g/mol. The van der Waals surface area contributed by atoms with E-state index >= 15 is 0 Å². The molecule has 0 saturated heterocycles. The van der Waals surface area contributed by atoms with Gasteiger partial charge in [0.05, 0.1) is 0 Å². The minimum atomic E-state index is -5.31. The molecule has 0 aromatic heterocycles. The van der Waals surface area contributed by atoms with Crippen LogP contribution in [0, 0.1) is 0 Å². The summed E-state index contributed by atoms with van der Waals surface area (Å²) in [5.74, 6) is 0. The summed E-state index contributed by atoms with van der Waals surface area (Å²) in [6.45, 7) is 0. The van der Waals surface area contributed by atoms with Crippen LogP contribution in [0.2, 0.25) is 0 Å². The van der Waals surface area contributed by atoms with Crippen molar-refractivity contribution in [2.75, 3.05) is 0 Å². The van der Waals surface area contributed by atoms with Gasteiger partial charge in [0.25, 0.3) is 0 Å². The third-order valence-corrected chi connectivity index (χ3v) is 0.761. The first-order chi connectivity index (χ1) is 7.68. The molecule has 114 valence electrons. The van der Waals surface area contributed by atoms with Crippen molar-refractivity contribution in [1.82, 2.24) is 0 Å². The molecule has 0 N–H and O–H groups in total. The average Bonchev–Trinajstić information content (AvgIpc) is 2.16. The molecule has 0 unspecified atom stereocenters. The van der Waals surface area contributed by atoms with Gasteiger partial charge in [-0.25, -0.2) is 0 Å². The van der Waals surface area contributed by atoms with Crippen LogP contribution in [0.4, 0.5) is 13.6 Å². The summed E-state index contributed by atoms with van der Waals surface area (Å²) in [7, 11) is -15.9. The van der Waals surface area contributed by atoms with Crippen LogP contribution in [0.5, 0.6) is 0 Å². The number of hydrogen-bond acceptors (Lipinski definition) is 12. The Morgan fingerprint density at radius 2 is 0.650 bits per heavy atom. The van der Waals surface area contributed by atoms with Crippen molar-refractivity contribution in [2.24, 2.45) is 0 Å². The summed E-state index contributed by atoms with van der Waals surface area (Å²) >= 11 is 0. The third kappa shape index (κ3) is 60.2. The fourth-order valence-corrected chi connectivity index (χ4v) is 0. The van der Waals surface area contributed by atoms with Gasteiger partial charge in [-0.2, -0.15) is 14.2 Å². The van der Waals surface area contributed by atoms with E-state index in [1.54, 1.807) is 0 Å². The van der Waals surface area contributed by atoms with E-state index in [-0.39, 0.29) is 48.1 Å². The van der Waals surface area contributed by atoms with Gasteiger partial charge in [-0.3, -0.25) is 0 Å². The fraction of sp³-hybridized carbons (Fsp3) is 0. The van der Waals surface area contributed by atoms with Gasteiger partial charge in [-0.15, -0.1) is 0 Å². The predicted molar refractivity (Wildman–Crippen MR) is 29.4 cm³/mol.